The second-order valence-corrected chi connectivity index (χ2v) is 5.30. The van der Waals surface area contributed by atoms with Gasteiger partial charge in [0.25, 0.3) is 0 Å². The topological polar surface area (TPSA) is 57.1 Å². The summed E-state index contributed by atoms with van der Waals surface area (Å²) in [5.74, 6) is -1.45. The van der Waals surface area contributed by atoms with Gasteiger partial charge >= 0.3 is 5.97 Å². The highest BCUT2D eigenvalue weighted by Gasteiger charge is 2.26. The molecule has 0 atom stereocenters. The van der Waals surface area contributed by atoms with Gasteiger partial charge < -0.3 is 14.2 Å². The summed E-state index contributed by atoms with van der Waals surface area (Å²) in [6.07, 6.45) is 1.48. The lowest BCUT2D eigenvalue weighted by molar-refractivity contribution is -0.129. The lowest BCUT2D eigenvalue weighted by Crippen LogP contribution is -2.07. The average molecular weight is 359 g/mol. The lowest BCUT2D eigenvalue weighted by Gasteiger charge is -2.09. The third kappa shape index (κ3) is 3.56. The molecule has 1 heterocycles. The first-order valence-electron chi connectivity index (χ1n) is 7.80. The Kier molecular flexibility index (Phi) is 4.97. The number of benzene rings is 2. The van der Waals surface area contributed by atoms with Gasteiger partial charge in [-0.2, -0.15) is 0 Å². The summed E-state index contributed by atoms with van der Waals surface area (Å²) in [5.41, 5.74) is 0.532. The maximum atomic E-state index is 13.8. The number of cyclic esters (lactones) is 1. The molecular weight excluding hydrogens is 344 g/mol. The van der Waals surface area contributed by atoms with Crippen molar-refractivity contribution in [1.29, 1.82) is 0 Å². The summed E-state index contributed by atoms with van der Waals surface area (Å²) in [6.45, 7) is 2.34. The number of nitrogens with zero attached hydrogens (tertiary/aromatic N) is 1. The Balaban J connectivity index is 1.93. The van der Waals surface area contributed by atoms with Crippen LogP contribution in [-0.4, -0.2) is 25.6 Å². The van der Waals surface area contributed by atoms with E-state index in [0.717, 1.165) is 6.07 Å². The van der Waals surface area contributed by atoms with Crippen LogP contribution in [-0.2, 0) is 9.53 Å². The third-order valence-corrected chi connectivity index (χ3v) is 3.57. The number of esters is 1. The van der Waals surface area contributed by atoms with Crippen LogP contribution in [0.3, 0.4) is 0 Å². The number of methoxy groups -OCH3 is 1. The van der Waals surface area contributed by atoms with Crippen LogP contribution in [0.4, 0.5) is 8.78 Å². The molecule has 0 aromatic heterocycles. The molecule has 0 N–H and O–H groups in total. The monoisotopic (exact) mass is 359 g/mol. The number of aliphatic imine (C=N–C) groups is 1. The smallest absolute Gasteiger partial charge is 0.363 e. The zero-order chi connectivity index (χ0) is 18.7. The molecule has 0 radical (unpaired) electrons. The molecular formula is C19H15F2NO4. The number of rotatable bonds is 5. The predicted molar refractivity (Wildman–Crippen MR) is 91.1 cm³/mol. The van der Waals surface area contributed by atoms with E-state index in [2.05, 4.69) is 4.99 Å². The van der Waals surface area contributed by atoms with Crippen molar-refractivity contribution in [2.45, 2.75) is 6.92 Å². The van der Waals surface area contributed by atoms with E-state index in [1.807, 2.05) is 6.92 Å². The molecule has 0 saturated heterocycles. The van der Waals surface area contributed by atoms with Gasteiger partial charge in [0, 0.05) is 6.07 Å². The van der Waals surface area contributed by atoms with Crippen molar-refractivity contribution < 1.29 is 27.8 Å². The van der Waals surface area contributed by atoms with E-state index in [1.54, 1.807) is 18.2 Å². The number of carbonyl (C=O) groups is 1. The Bertz CT molecular complexity index is 922. The number of hydrogen-bond donors (Lipinski definition) is 0. The summed E-state index contributed by atoms with van der Waals surface area (Å²) in [6, 6.07) is 8.04. The summed E-state index contributed by atoms with van der Waals surface area (Å²) in [4.78, 5) is 16.0. The minimum absolute atomic E-state index is 0.00469. The van der Waals surface area contributed by atoms with Crippen LogP contribution < -0.4 is 9.47 Å². The molecule has 1 aliphatic rings. The van der Waals surface area contributed by atoms with Gasteiger partial charge in [-0.1, -0.05) is 6.07 Å². The number of hydrogen-bond acceptors (Lipinski definition) is 5. The zero-order valence-corrected chi connectivity index (χ0v) is 14.1. The Hall–Kier alpha value is -3.22. The standard InChI is InChI=1S/C19H15F2NO4/c1-3-25-16-7-4-11(9-17(16)24-2)8-15-19(23)26-18(22-15)13-6-5-12(20)10-14(13)21/h4-10H,3H2,1-2H3. The van der Waals surface area contributed by atoms with Gasteiger partial charge in [0.1, 0.15) is 11.6 Å². The Morgan fingerprint density at radius 3 is 2.65 bits per heavy atom. The van der Waals surface area contributed by atoms with E-state index in [9.17, 15) is 13.6 Å². The van der Waals surface area contributed by atoms with Gasteiger partial charge in [0.05, 0.1) is 19.3 Å². The van der Waals surface area contributed by atoms with E-state index in [4.69, 9.17) is 14.2 Å². The maximum absolute atomic E-state index is 13.8. The van der Waals surface area contributed by atoms with Crippen LogP contribution in [0.25, 0.3) is 6.08 Å². The van der Waals surface area contributed by atoms with Gasteiger partial charge in [0.2, 0.25) is 5.90 Å². The molecule has 7 heteroatoms. The normalized spacial score (nSPS) is 15.0. The van der Waals surface area contributed by atoms with Crippen molar-refractivity contribution in [2.24, 2.45) is 4.99 Å². The van der Waals surface area contributed by atoms with Gasteiger partial charge in [-0.3, -0.25) is 0 Å². The van der Waals surface area contributed by atoms with Crippen LogP contribution in [0.2, 0.25) is 0 Å². The fourth-order valence-electron chi connectivity index (χ4n) is 2.39. The van der Waals surface area contributed by atoms with Crippen molar-refractivity contribution >= 4 is 17.9 Å². The summed E-state index contributed by atoms with van der Waals surface area (Å²) in [5, 5.41) is 0. The second-order valence-electron chi connectivity index (χ2n) is 5.30. The molecule has 0 fully saturated rings. The van der Waals surface area contributed by atoms with Crippen molar-refractivity contribution in [3.63, 3.8) is 0 Å². The van der Waals surface area contributed by atoms with Crippen LogP contribution in [0.5, 0.6) is 11.5 Å². The van der Waals surface area contributed by atoms with Crippen molar-refractivity contribution in [2.75, 3.05) is 13.7 Å². The minimum atomic E-state index is -0.861. The quantitative estimate of drug-likeness (QED) is 0.603. The zero-order valence-electron chi connectivity index (χ0n) is 14.1. The van der Waals surface area contributed by atoms with Crippen LogP contribution in [0.15, 0.2) is 47.1 Å². The molecule has 26 heavy (non-hydrogen) atoms. The molecule has 134 valence electrons. The third-order valence-electron chi connectivity index (χ3n) is 3.57. The van der Waals surface area contributed by atoms with Gasteiger partial charge in [-0.15, -0.1) is 0 Å². The van der Waals surface area contributed by atoms with Crippen LogP contribution in [0.1, 0.15) is 18.1 Å². The highest BCUT2D eigenvalue weighted by molar-refractivity contribution is 6.12. The largest absolute Gasteiger partial charge is 0.493 e. The first-order chi connectivity index (χ1) is 12.5. The van der Waals surface area contributed by atoms with E-state index in [-0.39, 0.29) is 17.2 Å². The van der Waals surface area contributed by atoms with Crippen LogP contribution in [0, 0.1) is 11.6 Å². The van der Waals surface area contributed by atoms with E-state index in [1.165, 1.54) is 19.3 Å². The number of carbonyl (C=O) groups excluding carboxylic acids is 1. The Labute approximate surface area is 148 Å². The SMILES string of the molecule is CCOc1ccc(C=C2N=C(c3ccc(F)cc3F)OC2=O)cc1OC. The molecule has 3 rings (SSSR count). The molecule has 2 aromatic rings. The summed E-state index contributed by atoms with van der Waals surface area (Å²) in [7, 11) is 1.51. The summed E-state index contributed by atoms with van der Waals surface area (Å²) >= 11 is 0. The van der Waals surface area contributed by atoms with Gasteiger partial charge in [-0.25, -0.2) is 18.6 Å². The Morgan fingerprint density at radius 1 is 1.15 bits per heavy atom. The minimum Gasteiger partial charge on any atom is -0.493 e. The lowest BCUT2D eigenvalue weighted by atomic mass is 10.1. The molecule has 5 nitrogen and oxygen atoms in total. The summed E-state index contributed by atoms with van der Waals surface area (Å²) < 4.78 is 42.5. The first kappa shape index (κ1) is 17.6. The molecule has 0 unspecified atom stereocenters. The van der Waals surface area contributed by atoms with E-state index in [0.29, 0.717) is 29.7 Å². The van der Waals surface area contributed by atoms with Gasteiger partial charge in [-0.05, 0) is 42.8 Å². The molecule has 0 saturated carbocycles. The van der Waals surface area contributed by atoms with Crippen molar-refractivity contribution in [1.82, 2.24) is 0 Å². The highest BCUT2D eigenvalue weighted by Crippen LogP contribution is 2.30. The number of halogens is 2. The highest BCUT2D eigenvalue weighted by atomic mass is 19.1. The molecule has 0 amide bonds. The molecule has 1 aliphatic heterocycles. The van der Waals surface area contributed by atoms with Gasteiger partial charge in [0.15, 0.2) is 17.2 Å². The maximum Gasteiger partial charge on any atom is 0.363 e. The Morgan fingerprint density at radius 2 is 1.96 bits per heavy atom. The predicted octanol–water partition coefficient (Wildman–Crippen LogP) is 3.72. The molecule has 0 aliphatic carbocycles. The average Bonchev–Trinajstić information content (AvgIpc) is 2.96. The number of ether oxygens (including phenoxy) is 3. The molecule has 0 spiro atoms. The molecule has 0 bridgehead atoms. The molecule has 2 aromatic carbocycles. The van der Waals surface area contributed by atoms with Crippen molar-refractivity contribution in [3.8, 4) is 11.5 Å². The van der Waals surface area contributed by atoms with E-state index >= 15 is 0 Å². The van der Waals surface area contributed by atoms with Crippen LogP contribution >= 0.6 is 0 Å². The fourth-order valence-corrected chi connectivity index (χ4v) is 2.39. The van der Waals surface area contributed by atoms with E-state index < -0.39 is 17.6 Å². The fraction of sp³-hybridized carbons (Fsp3) is 0.158. The first-order valence-corrected chi connectivity index (χ1v) is 7.80. The van der Waals surface area contributed by atoms with Crippen molar-refractivity contribution in [3.05, 3.63) is 64.9 Å². The second kappa shape index (κ2) is 7.35.